The van der Waals surface area contributed by atoms with E-state index in [-0.39, 0.29) is 35.3 Å². The molecule has 3 rings (SSSR count). The normalized spacial score (nSPS) is 18.6. The van der Waals surface area contributed by atoms with Crippen molar-refractivity contribution in [3.05, 3.63) is 59.7 Å². The van der Waals surface area contributed by atoms with Crippen molar-refractivity contribution in [3.63, 3.8) is 0 Å². The topological polar surface area (TPSA) is 78.9 Å². The van der Waals surface area contributed by atoms with Gasteiger partial charge in [0, 0.05) is 18.3 Å². The van der Waals surface area contributed by atoms with Gasteiger partial charge in [-0.3, -0.25) is 0 Å². The van der Waals surface area contributed by atoms with E-state index in [0.717, 1.165) is 43.4 Å². The first-order chi connectivity index (χ1) is 16.3. The molecule has 2 aromatic rings. The number of carboxylic acids is 1. The Morgan fingerprint density at radius 1 is 0.971 bits per heavy atom. The SMILES string of the molecule is CC(C)(C)[C@H]1CC[C@@H](N(Cc2ccc(C(=O)O)cc2)C(=O)Nc2ccc(OC(F)(F)F)cc2)CC1. The summed E-state index contributed by atoms with van der Waals surface area (Å²) in [5, 5.41) is 11.9. The van der Waals surface area contributed by atoms with Crippen LogP contribution in [-0.4, -0.2) is 34.4 Å². The predicted octanol–water partition coefficient (Wildman–Crippen LogP) is 6.92. The standard InChI is InChI=1S/C26H31F3N2O4/c1-25(2,3)19-8-12-21(13-9-19)31(16-17-4-6-18(7-5-17)23(32)33)24(34)30-20-10-14-22(15-11-20)35-26(27,28)29/h4-7,10-11,14-15,19,21H,8-9,12-13,16H2,1-3H3,(H,30,34)(H,32,33)/t19-,21+. The molecular weight excluding hydrogens is 461 g/mol. The van der Waals surface area contributed by atoms with Crippen molar-refractivity contribution >= 4 is 17.7 Å². The molecule has 1 aliphatic rings. The van der Waals surface area contributed by atoms with Gasteiger partial charge in [0.25, 0.3) is 0 Å². The van der Waals surface area contributed by atoms with Crippen LogP contribution in [-0.2, 0) is 6.54 Å². The van der Waals surface area contributed by atoms with Crippen LogP contribution in [0, 0.1) is 11.3 Å². The van der Waals surface area contributed by atoms with Gasteiger partial charge in [-0.05, 0) is 79.0 Å². The predicted molar refractivity (Wildman–Crippen MR) is 126 cm³/mol. The molecule has 2 amide bonds. The maximum absolute atomic E-state index is 13.3. The zero-order valence-electron chi connectivity index (χ0n) is 20.1. The maximum Gasteiger partial charge on any atom is 0.573 e. The maximum atomic E-state index is 13.3. The highest BCUT2D eigenvalue weighted by molar-refractivity contribution is 5.90. The van der Waals surface area contributed by atoms with Gasteiger partial charge in [0.15, 0.2) is 0 Å². The van der Waals surface area contributed by atoms with Gasteiger partial charge in [0.1, 0.15) is 5.75 Å². The molecule has 0 saturated heterocycles. The number of hydrogen-bond donors (Lipinski definition) is 2. The summed E-state index contributed by atoms with van der Waals surface area (Å²) in [5.74, 6) is -0.837. The minimum absolute atomic E-state index is 0.0133. The van der Waals surface area contributed by atoms with Gasteiger partial charge in [0.05, 0.1) is 5.56 Å². The largest absolute Gasteiger partial charge is 0.573 e. The Morgan fingerprint density at radius 3 is 2.03 bits per heavy atom. The lowest BCUT2D eigenvalue weighted by molar-refractivity contribution is -0.274. The number of urea groups is 1. The van der Waals surface area contributed by atoms with Crippen molar-refractivity contribution in [2.75, 3.05) is 5.32 Å². The number of halogens is 3. The number of aromatic carboxylic acids is 1. The van der Waals surface area contributed by atoms with E-state index >= 15 is 0 Å². The molecule has 2 N–H and O–H groups in total. The van der Waals surface area contributed by atoms with Crippen LogP contribution in [0.1, 0.15) is 62.4 Å². The second-order valence-corrected chi connectivity index (χ2v) is 10.0. The fourth-order valence-electron chi connectivity index (χ4n) is 4.50. The first kappa shape index (κ1) is 26.4. The van der Waals surface area contributed by atoms with Crippen molar-refractivity contribution in [2.24, 2.45) is 11.3 Å². The first-order valence-electron chi connectivity index (χ1n) is 11.6. The van der Waals surface area contributed by atoms with Crippen molar-refractivity contribution in [1.82, 2.24) is 4.90 Å². The Bertz CT molecular complexity index is 1010. The highest BCUT2D eigenvalue weighted by atomic mass is 19.4. The molecule has 0 aromatic heterocycles. The van der Waals surface area contributed by atoms with E-state index in [9.17, 15) is 22.8 Å². The molecule has 0 atom stereocenters. The Kier molecular flexibility index (Phi) is 7.97. The van der Waals surface area contributed by atoms with Crippen LogP contribution in [0.5, 0.6) is 5.75 Å². The Balaban J connectivity index is 1.75. The third-order valence-corrected chi connectivity index (χ3v) is 6.52. The quantitative estimate of drug-likeness (QED) is 0.459. The van der Waals surface area contributed by atoms with Gasteiger partial charge in [-0.2, -0.15) is 0 Å². The first-order valence-corrected chi connectivity index (χ1v) is 11.6. The van der Waals surface area contributed by atoms with Crippen LogP contribution in [0.15, 0.2) is 48.5 Å². The number of nitrogens with one attached hydrogen (secondary N) is 1. The van der Waals surface area contributed by atoms with Gasteiger partial charge in [-0.25, -0.2) is 9.59 Å². The molecule has 1 saturated carbocycles. The number of carboxylic acid groups (broad SMARTS) is 1. The third-order valence-electron chi connectivity index (χ3n) is 6.52. The van der Waals surface area contributed by atoms with Gasteiger partial charge >= 0.3 is 18.4 Å². The molecule has 0 radical (unpaired) electrons. The number of carbonyl (C=O) groups excluding carboxylic acids is 1. The van der Waals surface area contributed by atoms with E-state index in [4.69, 9.17) is 5.11 Å². The molecule has 2 aromatic carbocycles. The van der Waals surface area contributed by atoms with Crippen LogP contribution in [0.2, 0.25) is 0 Å². The number of nitrogens with zero attached hydrogens (tertiary/aromatic N) is 1. The summed E-state index contributed by atoms with van der Waals surface area (Å²) in [6.45, 7) is 6.95. The van der Waals surface area contributed by atoms with Gasteiger partial charge in [-0.1, -0.05) is 32.9 Å². The monoisotopic (exact) mass is 492 g/mol. The van der Waals surface area contributed by atoms with E-state index in [1.54, 1.807) is 17.0 Å². The van der Waals surface area contributed by atoms with Crippen LogP contribution >= 0.6 is 0 Å². The number of alkyl halides is 3. The van der Waals surface area contributed by atoms with Crippen molar-refractivity contribution < 1.29 is 32.6 Å². The average Bonchev–Trinajstić information content (AvgIpc) is 2.77. The number of ether oxygens (including phenoxy) is 1. The molecule has 0 unspecified atom stereocenters. The zero-order chi connectivity index (χ0) is 25.8. The van der Waals surface area contributed by atoms with Crippen LogP contribution in [0.4, 0.5) is 23.7 Å². The fraction of sp³-hybridized carbons (Fsp3) is 0.462. The van der Waals surface area contributed by atoms with E-state index in [1.807, 2.05) is 0 Å². The van der Waals surface area contributed by atoms with Gasteiger partial charge < -0.3 is 20.1 Å². The van der Waals surface area contributed by atoms with Crippen molar-refractivity contribution in [3.8, 4) is 5.75 Å². The van der Waals surface area contributed by atoms with E-state index in [0.29, 0.717) is 11.6 Å². The number of hydrogen-bond acceptors (Lipinski definition) is 3. The highest BCUT2D eigenvalue weighted by Crippen LogP contribution is 2.39. The molecule has 6 nitrogen and oxygen atoms in total. The number of rotatable bonds is 6. The summed E-state index contributed by atoms with van der Waals surface area (Å²) in [5.41, 5.74) is 1.48. The minimum atomic E-state index is -4.79. The third kappa shape index (κ3) is 7.63. The molecule has 9 heteroatoms. The minimum Gasteiger partial charge on any atom is -0.478 e. The Morgan fingerprint density at radius 2 is 1.54 bits per heavy atom. The molecule has 1 aliphatic carbocycles. The summed E-state index contributed by atoms with van der Waals surface area (Å²) < 4.78 is 41.1. The summed E-state index contributed by atoms with van der Waals surface area (Å²) in [6.07, 6.45) is -1.15. The van der Waals surface area contributed by atoms with Gasteiger partial charge in [-0.15, -0.1) is 13.2 Å². The average molecular weight is 493 g/mol. The zero-order valence-corrected chi connectivity index (χ0v) is 20.1. The molecule has 0 heterocycles. The Hall–Kier alpha value is -3.23. The summed E-state index contributed by atoms with van der Waals surface area (Å²) in [4.78, 5) is 26.2. The number of benzene rings is 2. The van der Waals surface area contributed by atoms with Crippen LogP contribution in [0.25, 0.3) is 0 Å². The molecule has 1 fully saturated rings. The molecule has 0 bridgehead atoms. The molecule has 0 aliphatic heterocycles. The number of amides is 2. The lowest BCUT2D eigenvalue weighted by Gasteiger charge is -2.41. The van der Waals surface area contributed by atoms with Gasteiger partial charge in [0.2, 0.25) is 0 Å². The molecule has 190 valence electrons. The van der Waals surface area contributed by atoms with Crippen LogP contribution in [0.3, 0.4) is 0 Å². The van der Waals surface area contributed by atoms with Crippen molar-refractivity contribution in [2.45, 2.75) is 65.4 Å². The highest BCUT2D eigenvalue weighted by Gasteiger charge is 2.34. The molecule has 35 heavy (non-hydrogen) atoms. The van der Waals surface area contributed by atoms with E-state index in [1.165, 1.54) is 24.3 Å². The molecular formula is C26H31F3N2O4. The van der Waals surface area contributed by atoms with E-state index < -0.39 is 12.3 Å². The van der Waals surface area contributed by atoms with Crippen molar-refractivity contribution in [1.29, 1.82) is 0 Å². The summed E-state index contributed by atoms with van der Waals surface area (Å²) in [7, 11) is 0. The fourth-order valence-corrected chi connectivity index (χ4v) is 4.50. The Labute approximate surface area is 203 Å². The number of anilines is 1. The second-order valence-electron chi connectivity index (χ2n) is 10.0. The summed E-state index contributed by atoms with van der Waals surface area (Å²) >= 11 is 0. The lowest BCUT2D eigenvalue weighted by atomic mass is 9.71. The smallest absolute Gasteiger partial charge is 0.478 e. The summed E-state index contributed by atoms with van der Waals surface area (Å²) in [6, 6.07) is 11.0. The molecule has 0 spiro atoms. The number of carbonyl (C=O) groups is 2. The second kappa shape index (κ2) is 10.6. The van der Waals surface area contributed by atoms with Crippen LogP contribution < -0.4 is 10.1 Å². The van der Waals surface area contributed by atoms with E-state index in [2.05, 4.69) is 30.8 Å². The lowest BCUT2D eigenvalue weighted by Crippen LogP contribution is -2.45.